The van der Waals surface area contributed by atoms with Gasteiger partial charge in [0, 0.05) is 9.92 Å². The van der Waals surface area contributed by atoms with Gasteiger partial charge in [-0.05, 0) is 24.3 Å². The van der Waals surface area contributed by atoms with Crippen molar-refractivity contribution >= 4 is 35.0 Å². The lowest BCUT2D eigenvalue weighted by Crippen LogP contribution is -1.74. The molecule has 0 N–H and O–H groups in total. The molecular weight excluding hydrogens is 223 g/mol. The van der Waals surface area contributed by atoms with Crippen molar-refractivity contribution in [1.82, 2.24) is 0 Å². The van der Waals surface area contributed by atoms with E-state index in [0.29, 0.717) is 5.88 Å². The van der Waals surface area contributed by atoms with Gasteiger partial charge in [-0.2, -0.15) is 0 Å². The highest BCUT2D eigenvalue weighted by atomic mass is 35.5. The molecule has 0 amide bonds. The minimum absolute atomic E-state index is 0.404. The van der Waals surface area contributed by atoms with Crippen molar-refractivity contribution in [1.29, 1.82) is 0 Å². The molecule has 1 rings (SSSR count). The first-order chi connectivity index (χ1) is 6.33. The fraction of sp³-hybridized carbons (Fsp3) is 0.200. The maximum Gasteiger partial charge on any atom is 0.0835 e. The van der Waals surface area contributed by atoms with Crippen molar-refractivity contribution in [3.05, 3.63) is 29.3 Å². The molecule has 0 aliphatic rings. The Morgan fingerprint density at radius 2 is 1.85 bits per heavy atom. The topological polar surface area (TPSA) is 0 Å². The summed E-state index contributed by atoms with van der Waals surface area (Å²) in [5.41, 5.74) is 0. The maximum atomic E-state index is 5.74. The van der Waals surface area contributed by atoms with Crippen LogP contribution >= 0.6 is 35.0 Å². The van der Waals surface area contributed by atoms with Gasteiger partial charge in [-0.1, -0.05) is 23.4 Å². The summed E-state index contributed by atoms with van der Waals surface area (Å²) in [5, 5.41) is 0.760. The second-order valence-corrected chi connectivity index (χ2v) is 3.98. The van der Waals surface area contributed by atoms with Crippen LogP contribution in [-0.2, 0) is 0 Å². The second kappa shape index (κ2) is 6.21. The molecule has 0 saturated heterocycles. The largest absolute Gasteiger partial charge is 0.113 e. The Morgan fingerprint density at radius 1 is 1.15 bits per heavy atom. The van der Waals surface area contributed by atoms with Crippen molar-refractivity contribution in [2.24, 2.45) is 0 Å². The van der Waals surface area contributed by atoms with E-state index in [-0.39, 0.29) is 0 Å². The van der Waals surface area contributed by atoms with Crippen molar-refractivity contribution in [2.75, 3.05) is 11.6 Å². The molecule has 0 saturated carbocycles. The molecule has 0 radical (unpaired) electrons. The van der Waals surface area contributed by atoms with E-state index >= 15 is 0 Å². The highest BCUT2D eigenvalue weighted by molar-refractivity contribution is 7.99. The van der Waals surface area contributed by atoms with E-state index in [4.69, 9.17) is 23.2 Å². The summed E-state index contributed by atoms with van der Waals surface area (Å²) in [7, 11) is 0. The van der Waals surface area contributed by atoms with Gasteiger partial charge >= 0.3 is 0 Å². The number of alkyl halides is 1. The molecule has 1 aromatic rings. The van der Waals surface area contributed by atoms with E-state index < -0.39 is 0 Å². The zero-order valence-corrected chi connectivity index (χ0v) is 9.22. The normalized spacial score (nSPS) is 9.08. The first-order valence-electron chi connectivity index (χ1n) is 3.73. The Bertz CT molecular complexity index is 308. The molecule has 0 aromatic heterocycles. The minimum Gasteiger partial charge on any atom is -0.113 e. The van der Waals surface area contributed by atoms with Crippen molar-refractivity contribution in [3.8, 4) is 11.8 Å². The molecule has 0 atom stereocenters. The summed E-state index contributed by atoms with van der Waals surface area (Å²) >= 11 is 12.8. The first-order valence-corrected chi connectivity index (χ1v) is 5.63. The molecule has 68 valence electrons. The van der Waals surface area contributed by atoms with Gasteiger partial charge in [-0.3, -0.25) is 0 Å². The summed E-state index contributed by atoms with van der Waals surface area (Å²) < 4.78 is 0. The van der Waals surface area contributed by atoms with Crippen LogP contribution in [0, 0.1) is 11.8 Å². The van der Waals surface area contributed by atoms with Gasteiger partial charge in [0.1, 0.15) is 0 Å². The van der Waals surface area contributed by atoms with Gasteiger partial charge in [0.25, 0.3) is 0 Å². The third-order valence-electron chi connectivity index (χ3n) is 1.32. The predicted molar refractivity (Wildman–Crippen MR) is 60.7 cm³/mol. The smallest absolute Gasteiger partial charge is 0.0835 e. The zero-order chi connectivity index (χ0) is 9.52. The minimum atomic E-state index is 0.404. The monoisotopic (exact) mass is 230 g/mol. The molecule has 0 nitrogen and oxygen atoms in total. The summed E-state index contributed by atoms with van der Waals surface area (Å²) in [4.78, 5) is 1.17. The van der Waals surface area contributed by atoms with Gasteiger partial charge < -0.3 is 0 Å². The second-order valence-electron chi connectivity index (χ2n) is 2.23. The van der Waals surface area contributed by atoms with Crippen LogP contribution in [0.25, 0.3) is 0 Å². The van der Waals surface area contributed by atoms with E-state index in [2.05, 4.69) is 11.8 Å². The Labute approximate surface area is 92.6 Å². The molecule has 3 heteroatoms. The summed E-state index contributed by atoms with van der Waals surface area (Å²) in [5.74, 6) is 6.92. The van der Waals surface area contributed by atoms with Crippen molar-refractivity contribution < 1.29 is 0 Å². The van der Waals surface area contributed by atoms with Gasteiger partial charge in [-0.15, -0.1) is 23.4 Å². The fourth-order valence-corrected chi connectivity index (χ4v) is 1.64. The lowest BCUT2D eigenvalue weighted by atomic mass is 10.4. The van der Waals surface area contributed by atoms with Crippen LogP contribution in [0.15, 0.2) is 29.2 Å². The Kier molecular flexibility index (Phi) is 5.15. The molecule has 0 spiro atoms. The third kappa shape index (κ3) is 4.47. The summed E-state index contributed by atoms with van der Waals surface area (Å²) in [6, 6.07) is 7.71. The Hall–Kier alpha value is -0.290. The average Bonchev–Trinajstić information content (AvgIpc) is 2.15. The van der Waals surface area contributed by atoms with E-state index in [1.54, 1.807) is 11.8 Å². The number of rotatable bonds is 2. The van der Waals surface area contributed by atoms with E-state index in [1.807, 2.05) is 24.3 Å². The number of hydrogen-bond donors (Lipinski definition) is 0. The zero-order valence-electron chi connectivity index (χ0n) is 6.89. The predicted octanol–water partition coefficient (Wildman–Crippen LogP) is 3.67. The van der Waals surface area contributed by atoms with E-state index in [1.165, 1.54) is 4.90 Å². The number of halogens is 2. The first kappa shape index (κ1) is 10.8. The fourth-order valence-electron chi connectivity index (χ4n) is 0.749. The van der Waals surface area contributed by atoms with E-state index in [9.17, 15) is 0 Å². The molecule has 0 unspecified atom stereocenters. The van der Waals surface area contributed by atoms with Crippen LogP contribution in [0.4, 0.5) is 0 Å². The standard InChI is InChI=1S/C10H8Cl2S/c11-7-1-2-8-13-10-5-3-9(12)4-6-10/h3-6H,7-8H2. The van der Waals surface area contributed by atoms with Crippen LogP contribution in [-0.4, -0.2) is 11.6 Å². The van der Waals surface area contributed by atoms with Gasteiger partial charge in [0.05, 0.1) is 11.6 Å². The molecule has 0 aliphatic heterocycles. The van der Waals surface area contributed by atoms with Crippen molar-refractivity contribution in [3.63, 3.8) is 0 Å². The van der Waals surface area contributed by atoms with Crippen LogP contribution in [0.5, 0.6) is 0 Å². The highest BCUT2D eigenvalue weighted by Crippen LogP contribution is 2.19. The van der Waals surface area contributed by atoms with Gasteiger partial charge in [0.2, 0.25) is 0 Å². The van der Waals surface area contributed by atoms with Gasteiger partial charge in [0.15, 0.2) is 0 Å². The van der Waals surface area contributed by atoms with Crippen LogP contribution < -0.4 is 0 Å². The molecule has 1 aromatic carbocycles. The Balaban J connectivity index is 2.41. The van der Waals surface area contributed by atoms with Crippen LogP contribution in [0.2, 0.25) is 5.02 Å². The van der Waals surface area contributed by atoms with E-state index in [0.717, 1.165) is 10.8 Å². The highest BCUT2D eigenvalue weighted by Gasteiger charge is 1.91. The van der Waals surface area contributed by atoms with Crippen LogP contribution in [0.3, 0.4) is 0 Å². The number of benzene rings is 1. The summed E-state index contributed by atoms with van der Waals surface area (Å²) in [6.45, 7) is 0. The van der Waals surface area contributed by atoms with Gasteiger partial charge in [-0.25, -0.2) is 0 Å². The maximum absolute atomic E-state index is 5.74. The molecular formula is C10H8Cl2S. The SMILES string of the molecule is ClCC#CCSc1ccc(Cl)cc1. The van der Waals surface area contributed by atoms with Crippen LogP contribution in [0.1, 0.15) is 0 Å². The Morgan fingerprint density at radius 3 is 2.46 bits per heavy atom. The lowest BCUT2D eigenvalue weighted by molar-refractivity contribution is 1.46. The summed E-state index contributed by atoms with van der Waals surface area (Å²) in [6.07, 6.45) is 0. The molecule has 0 fully saturated rings. The van der Waals surface area contributed by atoms with Crippen molar-refractivity contribution in [2.45, 2.75) is 4.90 Å². The third-order valence-corrected chi connectivity index (χ3v) is 2.60. The average molecular weight is 231 g/mol. The molecule has 13 heavy (non-hydrogen) atoms. The number of hydrogen-bond acceptors (Lipinski definition) is 1. The quantitative estimate of drug-likeness (QED) is 0.425. The number of thioether (sulfide) groups is 1. The molecule has 0 heterocycles. The molecule has 0 bridgehead atoms. The lowest BCUT2D eigenvalue weighted by Gasteiger charge is -1.95. The molecule has 0 aliphatic carbocycles.